The average Bonchev–Trinajstić information content (AvgIpc) is 2.03. The van der Waals surface area contributed by atoms with Gasteiger partial charge in [-0.25, -0.2) is 0 Å². The van der Waals surface area contributed by atoms with Crippen LogP contribution in [0.25, 0.3) is 0 Å². The molecule has 1 fully saturated rings. The zero-order valence-electron chi connectivity index (χ0n) is 6.93. The van der Waals surface area contributed by atoms with Gasteiger partial charge in [0, 0.05) is 17.9 Å². The Balaban J connectivity index is 2.05. The van der Waals surface area contributed by atoms with Gasteiger partial charge in [-0.1, -0.05) is 0 Å². The summed E-state index contributed by atoms with van der Waals surface area (Å²) in [4.78, 5) is 0. The van der Waals surface area contributed by atoms with Gasteiger partial charge in [-0.2, -0.15) is 0 Å². The van der Waals surface area contributed by atoms with Gasteiger partial charge < -0.3 is 9.87 Å². The Bertz CT molecular complexity index is 105. The fraction of sp³-hybridized carbons (Fsp3) is 1.00. The van der Waals surface area contributed by atoms with E-state index in [0.717, 1.165) is 19.6 Å². The Labute approximate surface area is 71.3 Å². The van der Waals surface area contributed by atoms with Crippen LogP contribution in [0.1, 0.15) is 12.8 Å². The second kappa shape index (κ2) is 4.98. The minimum atomic E-state index is -0.845. The van der Waals surface area contributed by atoms with Gasteiger partial charge >= 0.3 is 0 Å². The molecule has 0 aromatic heterocycles. The fourth-order valence-corrected chi connectivity index (χ4v) is 1.80. The molecule has 4 heteroatoms. The molecular formula is C7H16N2OS. The van der Waals surface area contributed by atoms with E-state index < -0.39 is 11.4 Å². The number of rotatable bonds is 3. The molecule has 0 aliphatic carbocycles. The first-order valence-corrected chi connectivity index (χ1v) is 5.62. The number of nitrogens with one attached hydrogen (secondary N) is 2. The van der Waals surface area contributed by atoms with Crippen molar-refractivity contribution in [3.05, 3.63) is 0 Å². The van der Waals surface area contributed by atoms with Crippen molar-refractivity contribution in [2.45, 2.75) is 12.8 Å². The van der Waals surface area contributed by atoms with Crippen LogP contribution in [0.5, 0.6) is 0 Å². The maximum Gasteiger partial charge on any atom is 0.115 e. The van der Waals surface area contributed by atoms with Crippen molar-refractivity contribution in [1.29, 1.82) is 0 Å². The Hall–Kier alpha value is 0.230. The predicted molar refractivity (Wildman–Crippen MR) is 47.7 cm³/mol. The van der Waals surface area contributed by atoms with E-state index in [9.17, 15) is 4.55 Å². The van der Waals surface area contributed by atoms with Gasteiger partial charge in [0.05, 0.1) is 0 Å². The van der Waals surface area contributed by atoms with E-state index in [4.69, 9.17) is 0 Å². The summed E-state index contributed by atoms with van der Waals surface area (Å²) in [6.07, 6.45) is 4.19. The highest BCUT2D eigenvalue weighted by Crippen LogP contribution is 2.08. The minimum absolute atomic E-state index is 0.674. The van der Waals surface area contributed by atoms with Crippen LogP contribution in [0.3, 0.4) is 0 Å². The van der Waals surface area contributed by atoms with Crippen molar-refractivity contribution in [1.82, 2.24) is 10.0 Å². The maximum absolute atomic E-state index is 10.7. The van der Waals surface area contributed by atoms with Crippen LogP contribution in [0.15, 0.2) is 0 Å². The molecule has 0 spiro atoms. The van der Waals surface area contributed by atoms with Crippen LogP contribution in [0.2, 0.25) is 0 Å². The molecule has 1 aliphatic rings. The normalized spacial score (nSPS) is 28.4. The molecule has 2 unspecified atom stereocenters. The largest absolute Gasteiger partial charge is 0.598 e. The Kier molecular flexibility index (Phi) is 4.22. The van der Waals surface area contributed by atoms with E-state index in [0.29, 0.717) is 5.92 Å². The lowest BCUT2D eigenvalue weighted by molar-refractivity contribution is 0.376. The summed E-state index contributed by atoms with van der Waals surface area (Å²) < 4.78 is 13.6. The Morgan fingerprint density at radius 3 is 3.09 bits per heavy atom. The highest BCUT2D eigenvalue weighted by Gasteiger charge is 2.13. The summed E-state index contributed by atoms with van der Waals surface area (Å²) in [7, 11) is 0. The fourth-order valence-electron chi connectivity index (χ4n) is 1.33. The van der Waals surface area contributed by atoms with E-state index in [-0.39, 0.29) is 0 Å². The van der Waals surface area contributed by atoms with E-state index in [1.165, 1.54) is 12.8 Å². The molecule has 0 amide bonds. The van der Waals surface area contributed by atoms with Crippen LogP contribution < -0.4 is 10.0 Å². The molecule has 1 rings (SSSR count). The van der Waals surface area contributed by atoms with Crippen LogP contribution in [-0.2, 0) is 11.4 Å². The van der Waals surface area contributed by atoms with Gasteiger partial charge in [-0.3, -0.25) is 0 Å². The van der Waals surface area contributed by atoms with Gasteiger partial charge in [0.25, 0.3) is 0 Å². The van der Waals surface area contributed by atoms with Gasteiger partial charge in [0.2, 0.25) is 0 Å². The molecule has 2 N–H and O–H groups in total. The first kappa shape index (κ1) is 9.32. The highest BCUT2D eigenvalue weighted by molar-refractivity contribution is 7.88. The molecule has 0 bridgehead atoms. The van der Waals surface area contributed by atoms with E-state index >= 15 is 0 Å². The zero-order valence-corrected chi connectivity index (χ0v) is 7.75. The topological polar surface area (TPSA) is 47.1 Å². The zero-order chi connectivity index (χ0) is 8.10. The third kappa shape index (κ3) is 3.96. The molecule has 2 atom stereocenters. The smallest absolute Gasteiger partial charge is 0.115 e. The van der Waals surface area contributed by atoms with Gasteiger partial charge in [0.1, 0.15) is 6.26 Å². The molecular weight excluding hydrogens is 160 g/mol. The molecule has 66 valence electrons. The molecule has 1 saturated heterocycles. The molecule has 0 aromatic carbocycles. The van der Waals surface area contributed by atoms with Crippen LogP contribution in [-0.4, -0.2) is 30.4 Å². The molecule has 1 aliphatic heterocycles. The second-order valence-corrected chi connectivity index (χ2v) is 4.21. The Morgan fingerprint density at radius 2 is 2.55 bits per heavy atom. The first-order valence-electron chi connectivity index (χ1n) is 4.06. The molecule has 0 radical (unpaired) electrons. The van der Waals surface area contributed by atoms with Crippen molar-refractivity contribution in [2.75, 3.05) is 25.9 Å². The summed E-state index contributed by atoms with van der Waals surface area (Å²) in [5.41, 5.74) is 0. The summed E-state index contributed by atoms with van der Waals surface area (Å²) in [6, 6.07) is 0. The lowest BCUT2D eigenvalue weighted by atomic mass is 10.0. The van der Waals surface area contributed by atoms with Gasteiger partial charge in [-0.15, -0.1) is 4.72 Å². The summed E-state index contributed by atoms with van der Waals surface area (Å²) in [6.45, 7) is 3.10. The summed E-state index contributed by atoms with van der Waals surface area (Å²) in [5, 5.41) is 3.32. The molecule has 3 nitrogen and oxygen atoms in total. The van der Waals surface area contributed by atoms with Crippen LogP contribution in [0.4, 0.5) is 0 Å². The standard InChI is InChI=1S/C7H16N2OS/c1-11(10)9-6-7-3-2-4-8-5-7/h7-9H,2-6H2,1H3. The SMILES string of the molecule is C[S+]([O-])NCC1CCCNC1. The van der Waals surface area contributed by atoms with Crippen molar-refractivity contribution in [2.24, 2.45) is 5.92 Å². The third-order valence-corrected chi connectivity index (χ3v) is 2.55. The van der Waals surface area contributed by atoms with Crippen LogP contribution >= 0.6 is 0 Å². The number of hydrogen-bond acceptors (Lipinski definition) is 3. The van der Waals surface area contributed by atoms with Gasteiger partial charge in [-0.05, 0) is 31.8 Å². The third-order valence-electron chi connectivity index (χ3n) is 1.97. The van der Waals surface area contributed by atoms with Crippen molar-refractivity contribution >= 4 is 11.4 Å². The van der Waals surface area contributed by atoms with E-state index in [2.05, 4.69) is 10.0 Å². The van der Waals surface area contributed by atoms with Gasteiger partial charge in [0.15, 0.2) is 0 Å². The molecule has 11 heavy (non-hydrogen) atoms. The summed E-state index contributed by atoms with van der Waals surface area (Å²) >= 11 is -0.845. The monoisotopic (exact) mass is 176 g/mol. The van der Waals surface area contributed by atoms with E-state index in [1.807, 2.05) is 0 Å². The van der Waals surface area contributed by atoms with E-state index in [1.54, 1.807) is 6.26 Å². The minimum Gasteiger partial charge on any atom is -0.598 e. The van der Waals surface area contributed by atoms with Crippen LogP contribution in [0, 0.1) is 5.92 Å². The summed E-state index contributed by atoms with van der Waals surface area (Å²) in [5.74, 6) is 0.674. The van der Waals surface area contributed by atoms with Crippen molar-refractivity contribution in [3.63, 3.8) is 0 Å². The van der Waals surface area contributed by atoms with Crippen molar-refractivity contribution < 1.29 is 4.55 Å². The van der Waals surface area contributed by atoms with Crippen molar-refractivity contribution in [3.8, 4) is 0 Å². The number of hydrogen-bond donors (Lipinski definition) is 2. The first-order chi connectivity index (χ1) is 5.29. The molecule has 1 heterocycles. The number of piperidine rings is 1. The molecule has 0 saturated carbocycles. The molecule has 0 aromatic rings. The average molecular weight is 176 g/mol. The quantitative estimate of drug-likeness (QED) is 0.589. The predicted octanol–water partition coefficient (Wildman–Crippen LogP) is -0.131. The second-order valence-electron chi connectivity index (χ2n) is 3.01. The lowest BCUT2D eigenvalue weighted by Gasteiger charge is -2.22. The Morgan fingerprint density at radius 1 is 1.73 bits per heavy atom. The maximum atomic E-state index is 10.7. The lowest BCUT2D eigenvalue weighted by Crippen LogP contribution is -2.37. The highest BCUT2D eigenvalue weighted by atomic mass is 32.2.